The van der Waals surface area contributed by atoms with Gasteiger partial charge in [-0.05, 0) is 69.2 Å². The highest BCUT2D eigenvalue weighted by Gasteiger charge is 2.43. The summed E-state index contributed by atoms with van der Waals surface area (Å²) in [5.41, 5.74) is 6.30. The van der Waals surface area contributed by atoms with Gasteiger partial charge in [0.15, 0.2) is 0 Å². The van der Waals surface area contributed by atoms with Crippen LogP contribution >= 0.6 is 0 Å². The summed E-state index contributed by atoms with van der Waals surface area (Å²) in [5.74, 6) is 2.98. The van der Waals surface area contributed by atoms with Crippen molar-refractivity contribution in [3.05, 3.63) is 0 Å². The van der Waals surface area contributed by atoms with E-state index < -0.39 is 0 Å². The van der Waals surface area contributed by atoms with Crippen LogP contribution in [0.3, 0.4) is 0 Å². The second-order valence-corrected chi connectivity index (χ2v) is 7.44. The van der Waals surface area contributed by atoms with Gasteiger partial charge in [-0.3, -0.25) is 0 Å². The Morgan fingerprint density at radius 2 is 1.95 bits per heavy atom. The zero-order valence-corrected chi connectivity index (χ0v) is 13.1. The van der Waals surface area contributed by atoms with Crippen LogP contribution in [0.15, 0.2) is 0 Å². The largest absolute Gasteiger partial charge is 0.378 e. The topological polar surface area (TPSA) is 47.3 Å². The van der Waals surface area contributed by atoms with Crippen LogP contribution in [0.2, 0.25) is 0 Å². The molecule has 3 rings (SSSR count). The summed E-state index contributed by atoms with van der Waals surface area (Å²) in [7, 11) is 0. The van der Waals surface area contributed by atoms with Gasteiger partial charge in [-0.1, -0.05) is 13.3 Å². The van der Waals surface area contributed by atoms with Crippen molar-refractivity contribution in [2.75, 3.05) is 19.7 Å². The molecule has 3 N–H and O–H groups in total. The second kappa shape index (κ2) is 6.33. The van der Waals surface area contributed by atoms with E-state index in [4.69, 9.17) is 10.5 Å². The summed E-state index contributed by atoms with van der Waals surface area (Å²) in [6.45, 7) is 5.09. The predicted molar refractivity (Wildman–Crippen MR) is 82.6 cm³/mol. The third-order valence-electron chi connectivity index (χ3n) is 5.72. The Morgan fingerprint density at radius 1 is 1.25 bits per heavy atom. The monoisotopic (exact) mass is 280 g/mol. The van der Waals surface area contributed by atoms with Crippen molar-refractivity contribution in [2.45, 2.75) is 69.9 Å². The average molecular weight is 280 g/mol. The molecule has 1 heterocycles. The van der Waals surface area contributed by atoms with Gasteiger partial charge in [0, 0.05) is 18.7 Å². The van der Waals surface area contributed by atoms with E-state index in [2.05, 4.69) is 12.2 Å². The molecule has 3 aliphatic rings. The molecular weight excluding hydrogens is 248 g/mol. The number of nitrogens with two attached hydrogens (primary N) is 1. The standard InChI is InChI=1S/C17H32N2O/c1-2-3-15-10-17(12-18,8-9-20-15)19-11-16(13-4-5-13)14-6-7-14/h13-16,19H,2-12,18H2,1H3. The van der Waals surface area contributed by atoms with E-state index in [0.29, 0.717) is 6.10 Å². The molecule has 1 saturated heterocycles. The van der Waals surface area contributed by atoms with Crippen LogP contribution in [0, 0.1) is 17.8 Å². The molecule has 2 unspecified atom stereocenters. The van der Waals surface area contributed by atoms with Crippen molar-refractivity contribution in [3.63, 3.8) is 0 Å². The minimum atomic E-state index is 0.153. The van der Waals surface area contributed by atoms with Crippen molar-refractivity contribution < 1.29 is 4.74 Å². The molecule has 0 aromatic rings. The van der Waals surface area contributed by atoms with Gasteiger partial charge in [0.05, 0.1) is 6.10 Å². The molecule has 116 valence electrons. The van der Waals surface area contributed by atoms with Crippen LogP contribution in [0.5, 0.6) is 0 Å². The van der Waals surface area contributed by atoms with Crippen LogP contribution in [0.1, 0.15) is 58.3 Å². The fraction of sp³-hybridized carbons (Fsp3) is 1.00. The van der Waals surface area contributed by atoms with Crippen LogP contribution in [-0.2, 0) is 4.74 Å². The lowest BCUT2D eigenvalue weighted by Crippen LogP contribution is -2.57. The molecule has 3 heteroatoms. The van der Waals surface area contributed by atoms with E-state index in [9.17, 15) is 0 Å². The van der Waals surface area contributed by atoms with E-state index in [1.807, 2.05) is 0 Å². The van der Waals surface area contributed by atoms with Crippen LogP contribution < -0.4 is 11.1 Å². The SMILES string of the molecule is CCCC1CC(CN)(NCC(C2CC2)C2CC2)CCO1. The van der Waals surface area contributed by atoms with Crippen LogP contribution in [-0.4, -0.2) is 31.3 Å². The summed E-state index contributed by atoms with van der Waals surface area (Å²) < 4.78 is 5.91. The molecule has 0 amide bonds. The molecule has 3 nitrogen and oxygen atoms in total. The summed E-state index contributed by atoms with van der Waals surface area (Å²) in [6, 6.07) is 0. The van der Waals surface area contributed by atoms with Gasteiger partial charge >= 0.3 is 0 Å². The highest BCUT2D eigenvalue weighted by Crippen LogP contribution is 2.49. The van der Waals surface area contributed by atoms with Gasteiger partial charge in [-0.2, -0.15) is 0 Å². The Hall–Kier alpha value is -0.120. The molecule has 2 aliphatic carbocycles. The summed E-state index contributed by atoms with van der Waals surface area (Å²) >= 11 is 0. The van der Waals surface area contributed by atoms with E-state index in [-0.39, 0.29) is 5.54 Å². The predicted octanol–water partition coefficient (Wildman–Crippen LogP) is 2.69. The van der Waals surface area contributed by atoms with Crippen molar-refractivity contribution in [3.8, 4) is 0 Å². The first-order valence-electron chi connectivity index (χ1n) is 8.83. The third kappa shape index (κ3) is 3.55. The number of hydrogen-bond donors (Lipinski definition) is 2. The first-order chi connectivity index (χ1) is 9.76. The maximum absolute atomic E-state index is 6.15. The lowest BCUT2D eigenvalue weighted by Gasteiger charge is -2.42. The quantitative estimate of drug-likeness (QED) is 0.718. The Labute approximate surface area is 124 Å². The first-order valence-corrected chi connectivity index (χ1v) is 8.83. The minimum Gasteiger partial charge on any atom is -0.378 e. The molecule has 2 saturated carbocycles. The maximum atomic E-state index is 6.15. The zero-order chi connectivity index (χ0) is 14.0. The molecule has 0 bridgehead atoms. The smallest absolute Gasteiger partial charge is 0.0593 e. The lowest BCUT2D eigenvalue weighted by atomic mass is 9.84. The number of hydrogen-bond acceptors (Lipinski definition) is 3. The Balaban J connectivity index is 1.54. The fourth-order valence-electron chi connectivity index (χ4n) is 4.04. The number of rotatable bonds is 8. The minimum absolute atomic E-state index is 0.153. The van der Waals surface area contributed by atoms with Gasteiger partial charge in [0.25, 0.3) is 0 Å². The molecule has 0 spiro atoms. The van der Waals surface area contributed by atoms with Crippen LogP contribution in [0.4, 0.5) is 0 Å². The second-order valence-electron chi connectivity index (χ2n) is 7.44. The Kier molecular flexibility index (Phi) is 4.68. The lowest BCUT2D eigenvalue weighted by molar-refractivity contribution is -0.0318. The first kappa shape index (κ1) is 14.8. The molecular formula is C17H32N2O. The zero-order valence-electron chi connectivity index (χ0n) is 13.1. The normalized spacial score (nSPS) is 34.6. The van der Waals surface area contributed by atoms with Crippen molar-refractivity contribution in [1.82, 2.24) is 5.32 Å². The molecule has 3 fully saturated rings. The molecule has 0 aromatic heterocycles. The van der Waals surface area contributed by atoms with Gasteiger partial charge in [0.2, 0.25) is 0 Å². The van der Waals surface area contributed by atoms with Gasteiger partial charge in [-0.15, -0.1) is 0 Å². The number of nitrogens with one attached hydrogen (secondary N) is 1. The van der Waals surface area contributed by atoms with Gasteiger partial charge in [0.1, 0.15) is 0 Å². The molecule has 0 aromatic carbocycles. The van der Waals surface area contributed by atoms with Crippen molar-refractivity contribution >= 4 is 0 Å². The van der Waals surface area contributed by atoms with Gasteiger partial charge in [-0.25, -0.2) is 0 Å². The fourth-order valence-corrected chi connectivity index (χ4v) is 4.04. The Bertz CT molecular complexity index is 300. The van der Waals surface area contributed by atoms with E-state index in [1.54, 1.807) is 0 Å². The summed E-state index contributed by atoms with van der Waals surface area (Å²) in [4.78, 5) is 0. The van der Waals surface area contributed by atoms with E-state index in [1.165, 1.54) is 45.1 Å². The maximum Gasteiger partial charge on any atom is 0.0593 e. The van der Waals surface area contributed by atoms with Crippen molar-refractivity contribution in [2.24, 2.45) is 23.5 Å². The number of ether oxygens (including phenoxy) is 1. The average Bonchev–Trinajstić information content (AvgIpc) is 3.33. The van der Waals surface area contributed by atoms with Gasteiger partial charge < -0.3 is 15.8 Å². The highest BCUT2D eigenvalue weighted by molar-refractivity contribution is 4.98. The summed E-state index contributed by atoms with van der Waals surface area (Å²) in [6.07, 6.45) is 10.9. The molecule has 0 radical (unpaired) electrons. The van der Waals surface area contributed by atoms with Crippen molar-refractivity contribution in [1.29, 1.82) is 0 Å². The van der Waals surface area contributed by atoms with Crippen LogP contribution in [0.25, 0.3) is 0 Å². The highest BCUT2D eigenvalue weighted by atomic mass is 16.5. The molecule has 2 atom stereocenters. The molecule has 1 aliphatic heterocycles. The summed E-state index contributed by atoms with van der Waals surface area (Å²) in [5, 5.41) is 3.91. The third-order valence-corrected chi connectivity index (χ3v) is 5.72. The van der Waals surface area contributed by atoms with E-state index >= 15 is 0 Å². The van der Waals surface area contributed by atoms with E-state index in [0.717, 1.165) is 43.7 Å². The molecule has 20 heavy (non-hydrogen) atoms. The Morgan fingerprint density at radius 3 is 2.50 bits per heavy atom.